The number of alkyl halides is 2. The van der Waals surface area contributed by atoms with Crippen LogP contribution < -0.4 is 14.8 Å². The maximum Gasteiger partial charge on any atom is 0.387 e. The highest BCUT2D eigenvalue weighted by Gasteiger charge is 2.10. The van der Waals surface area contributed by atoms with Crippen molar-refractivity contribution >= 4 is 12.0 Å². The molecule has 144 valence electrons. The van der Waals surface area contributed by atoms with Gasteiger partial charge in [-0.3, -0.25) is 4.79 Å². The number of amides is 1. The van der Waals surface area contributed by atoms with Gasteiger partial charge in [0.15, 0.2) is 11.5 Å². The minimum Gasteiger partial charge on any atom is -0.493 e. The van der Waals surface area contributed by atoms with Crippen molar-refractivity contribution in [2.45, 2.75) is 32.4 Å². The van der Waals surface area contributed by atoms with Gasteiger partial charge in [-0.05, 0) is 49.1 Å². The zero-order valence-corrected chi connectivity index (χ0v) is 15.3. The molecule has 27 heavy (non-hydrogen) atoms. The molecule has 2 aromatic carbocycles. The first-order chi connectivity index (χ1) is 13.0. The average molecular weight is 375 g/mol. The molecule has 2 rings (SSSR count). The lowest BCUT2D eigenvalue weighted by Gasteiger charge is -2.12. The van der Waals surface area contributed by atoms with E-state index in [-0.39, 0.29) is 23.4 Å². The Bertz CT molecular complexity index is 763. The summed E-state index contributed by atoms with van der Waals surface area (Å²) in [7, 11) is 1.36. The number of carbonyl (C=O) groups excluding carboxylic acids is 1. The summed E-state index contributed by atoms with van der Waals surface area (Å²) in [4.78, 5) is 12.1. The second-order valence-corrected chi connectivity index (χ2v) is 6.06. The van der Waals surface area contributed by atoms with Crippen LogP contribution in [0.1, 0.15) is 24.5 Å². The largest absolute Gasteiger partial charge is 0.493 e. The van der Waals surface area contributed by atoms with Crippen molar-refractivity contribution < 1.29 is 23.0 Å². The molecule has 0 aliphatic rings. The standard InChI is InChI=1S/C21H23F2NO3/c1-15(8-9-16-6-4-3-5-7-16)24-20(25)13-11-17-10-12-18(27-21(22)23)19(14-17)26-2/h3-7,10-15,21H,8-9H2,1-2H3,(H,24,25)/b13-11+. The summed E-state index contributed by atoms with van der Waals surface area (Å²) in [5.41, 5.74) is 1.87. The number of aryl methyl sites for hydroxylation is 1. The second-order valence-electron chi connectivity index (χ2n) is 6.06. The molecule has 1 amide bonds. The zero-order valence-electron chi connectivity index (χ0n) is 15.3. The summed E-state index contributed by atoms with van der Waals surface area (Å²) >= 11 is 0. The van der Waals surface area contributed by atoms with Gasteiger partial charge in [-0.25, -0.2) is 0 Å². The first-order valence-corrected chi connectivity index (χ1v) is 8.63. The fraction of sp³-hybridized carbons (Fsp3) is 0.286. The molecular weight excluding hydrogens is 352 g/mol. The SMILES string of the molecule is COc1cc(/C=C/C(=O)NC(C)CCc2ccccc2)ccc1OC(F)F. The summed E-state index contributed by atoms with van der Waals surface area (Å²) in [5.74, 6) is -0.0971. The van der Waals surface area contributed by atoms with Gasteiger partial charge >= 0.3 is 6.61 Å². The highest BCUT2D eigenvalue weighted by Crippen LogP contribution is 2.29. The molecule has 0 radical (unpaired) electrons. The van der Waals surface area contributed by atoms with Gasteiger partial charge < -0.3 is 14.8 Å². The van der Waals surface area contributed by atoms with E-state index < -0.39 is 6.61 Å². The number of halogens is 2. The number of benzene rings is 2. The van der Waals surface area contributed by atoms with Gasteiger partial charge in [-0.2, -0.15) is 8.78 Å². The quantitative estimate of drug-likeness (QED) is 0.659. The lowest BCUT2D eigenvalue weighted by atomic mass is 10.1. The molecule has 0 heterocycles. The third-order valence-corrected chi connectivity index (χ3v) is 3.93. The Hall–Kier alpha value is -2.89. The van der Waals surface area contributed by atoms with E-state index in [1.165, 1.54) is 30.9 Å². The molecule has 0 bridgehead atoms. The number of methoxy groups -OCH3 is 1. The van der Waals surface area contributed by atoms with E-state index in [4.69, 9.17) is 4.74 Å². The predicted molar refractivity (Wildman–Crippen MR) is 101 cm³/mol. The van der Waals surface area contributed by atoms with Gasteiger partial charge in [-0.1, -0.05) is 36.4 Å². The van der Waals surface area contributed by atoms with Crippen LogP contribution in [-0.4, -0.2) is 25.7 Å². The lowest BCUT2D eigenvalue weighted by molar-refractivity contribution is -0.117. The topological polar surface area (TPSA) is 47.6 Å². The summed E-state index contributed by atoms with van der Waals surface area (Å²) in [6.07, 6.45) is 4.71. The van der Waals surface area contributed by atoms with Crippen LogP contribution in [0.25, 0.3) is 6.08 Å². The van der Waals surface area contributed by atoms with Gasteiger partial charge in [0.25, 0.3) is 0 Å². The molecule has 0 aliphatic carbocycles. The van der Waals surface area contributed by atoms with Crippen molar-refractivity contribution in [2.75, 3.05) is 7.11 Å². The number of hydrogen-bond acceptors (Lipinski definition) is 3. The van der Waals surface area contributed by atoms with Crippen LogP contribution in [0, 0.1) is 0 Å². The summed E-state index contributed by atoms with van der Waals surface area (Å²) < 4.78 is 34.1. The highest BCUT2D eigenvalue weighted by molar-refractivity contribution is 5.92. The van der Waals surface area contributed by atoms with Crippen LogP contribution >= 0.6 is 0 Å². The fourth-order valence-electron chi connectivity index (χ4n) is 2.54. The number of rotatable bonds is 9. The van der Waals surface area contributed by atoms with Crippen molar-refractivity contribution in [3.8, 4) is 11.5 Å². The van der Waals surface area contributed by atoms with Crippen molar-refractivity contribution in [1.29, 1.82) is 0 Å². The molecule has 6 heteroatoms. The Morgan fingerprint density at radius 1 is 1.15 bits per heavy atom. The molecule has 0 spiro atoms. The smallest absolute Gasteiger partial charge is 0.387 e. The van der Waals surface area contributed by atoms with Crippen LogP contribution in [0.5, 0.6) is 11.5 Å². The molecule has 1 atom stereocenters. The van der Waals surface area contributed by atoms with E-state index in [0.717, 1.165) is 12.8 Å². The Balaban J connectivity index is 1.88. The number of nitrogens with one attached hydrogen (secondary N) is 1. The van der Waals surface area contributed by atoms with E-state index >= 15 is 0 Å². The second kappa shape index (κ2) is 10.3. The number of carbonyl (C=O) groups is 1. The monoisotopic (exact) mass is 375 g/mol. The molecule has 4 nitrogen and oxygen atoms in total. The summed E-state index contributed by atoms with van der Waals surface area (Å²) in [6, 6.07) is 14.6. The van der Waals surface area contributed by atoms with Gasteiger partial charge in [0.1, 0.15) is 0 Å². The molecule has 1 unspecified atom stereocenters. The minimum absolute atomic E-state index is 0.0266. The third kappa shape index (κ3) is 7.09. The summed E-state index contributed by atoms with van der Waals surface area (Å²) in [6.45, 7) is -0.975. The molecule has 0 saturated heterocycles. The van der Waals surface area contributed by atoms with Gasteiger partial charge in [-0.15, -0.1) is 0 Å². The van der Waals surface area contributed by atoms with Crippen LogP contribution in [0.3, 0.4) is 0 Å². The molecule has 2 aromatic rings. The van der Waals surface area contributed by atoms with Crippen molar-refractivity contribution in [3.05, 3.63) is 65.7 Å². The first-order valence-electron chi connectivity index (χ1n) is 8.63. The first kappa shape index (κ1) is 20.4. The Morgan fingerprint density at radius 2 is 1.89 bits per heavy atom. The highest BCUT2D eigenvalue weighted by atomic mass is 19.3. The molecule has 1 N–H and O–H groups in total. The van der Waals surface area contributed by atoms with Crippen LogP contribution in [-0.2, 0) is 11.2 Å². The maximum absolute atomic E-state index is 12.3. The lowest BCUT2D eigenvalue weighted by Crippen LogP contribution is -2.31. The number of ether oxygens (including phenoxy) is 2. The Labute approximate surface area is 157 Å². The van der Waals surface area contributed by atoms with E-state index in [1.54, 1.807) is 12.1 Å². The Kier molecular flexibility index (Phi) is 7.79. The number of hydrogen-bond donors (Lipinski definition) is 1. The van der Waals surface area contributed by atoms with Crippen LogP contribution in [0.4, 0.5) is 8.78 Å². The maximum atomic E-state index is 12.3. The minimum atomic E-state index is -2.93. The van der Waals surface area contributed by atoms with E-state index in [0.29, 0.717) is 5.56 Å². The van der Waals surface area contributed by atoms with Gasteiger partial charge in [0, 0.05) is 12.1 Å². The molecule has 0 saturated carbocycles. The van der Waals surface area contributed by atoms with Gasteiger partial charge in [0.05, 0.1) is 7.11 Å². The van der Waals surface area contributed by atoms with E-state index in [1.807, 2.05) is 25.1 Å². The average Bonchev–Trinajstić information content (AvgIpc) is 2.66. The predicted octanol–water partition coefficient (Wildman–Crippen LogP) is 4.45. The normalized spacial score (nSPS) is 12.2. The van der Waals surface area contributed by atoms with Crippen LogP contribution in [0.15, 0.2) is 54.6 Å². The fourth-order valence-corrected chi connectivity index (χ4v) is 2.54. The van der Waals surface area contributed by atoms with Crippen LogP contribution in [0.2, 0.25) is 0 Å². The molecule has 0 fully saturated rings. The molecule has 0 aromatic heterocycles. The van der Waals surface area contributed by atoms with Gasteiger partial charge in [0.2, 0.25) is 5.91 Å². The van der Waals surface area contributed by atoms with E-state index in [2.05, 4.69) is 22.2 Å². The third-order valence-electron chi connectivity index (χ3n) is 3.93. The summed E-state index contributed by atoms with van der Waals surface area (Å²) in [5, 5.41) is 2.91. The van der Waals surface area contributed by atoms with Crippen molar-refractivity contribution in [1.82, 2.24) is 5.32 Å². The molecular formula is C21H23F2NO3. The molecule has 0 aliphatic heterocycles. The van der Waals surface area contributed by atoms with Crippen molar-refractivity contribution in [2.24, 2.45) is 0 Å². The zero-order chi connectivity index (χ0) is 19.6. The van der Waals surface area contributed by atoms with Crippen molar-refractivity contribution in [3.63, 3.8) is 0 Å². The van der Waals surface area contributed by atoms with E-state index in [9.17, 15) is 13.6 Å². The Morgan fingerprint density at radius 3 is 2.56 bits per heavy atom.